The van der Waals surface area contributed by atoms with E-state index >= 15 is 0 Å². The first-order valence-electron chi connectivity index (χ1n) is 8.50. The van der Waals surface area contributed by atoms with Crippen molar-refractivity contribution in [2.45, 2.75) is 64.3 Å². The van der Waals surface area contributed by atoms with Gasteiger partial charge in [-0.15, -0.1) is 0 Å². The standard InChI is InChI=1S/C19H24N2/c1-13-10-11-18-16(12-13)19(15-8-5-9-17(15)21-18)20-14-6-3-2-4-7-14/h10-12,14H,2-9H2,1H3,(H,20,21). The highest BCUT2D eigenvalue weighted by Crippen LogP contribution is 2.36. The maximum absolute atomic E-state index is 4.91. The second kappa shape index (κ2) is 5.32. The van der Waals surface area contributed by atoms with E-state index in [0.29, 0.717) is 6.04 Å². The van der Waals surface area contributed by atoms with Crippen LogP contribution in [0.3, 0.4) is 0 Å². The summed E-state index contributed by atoms with van der Waals surface area (Å²) in [5.74, 6) is 0. The van der Waals surface area contributed by atoms with E-state index in [9.17, 15) is 0 Å². The minimum atomic E-state index is 0.662. The Morgan fingerprint density at radius 2 is 1.90 bits per heavy atom. The molecular formula is C19H24N2. The summed E-state index contributed by atoms with van der Waals surface area (Å²) < 4.78 is 0. The van der Waals surface area contributed by atoms with Crippen molar-refractivity contribution in [3.8, 4) is 0 Å². The molecule has 2 aliphatic rings. The molecule has 0 bridgehead atoms. The van der Waals surface area contributed by atoms with E-state index in [1.807, 2.05) is 0 Å². The quantitative estimate of drug-likeness (QED) is 0.856. The molecule has 0 spiro atoms. The maximum atomic E-state index is 4.91. The number of pyridine rings is 1. The Kier molecular flexibility index (Phi) is 3.33. The van der Waals surface area contributed by atoms with Crippen LogP contribution in [0.25, 0.3) is 10.9 Å². The molecule has 0 aliphatic heterocycles. The van der Waals surface area contributed by atoms with Crippen molar-refractivity contribution in [1.29, 1.82) is 0 Å². The molecule has 1 heterocycles. The zero-order valence-electron chi connectivity index (χ0n) is 12.9. The number of aryl methyl sites for hydroxylation is 2. The molecule has 1 saturated carbocycles. The lowest BCUT2D eigenvalue weighted by Gasteiger charge is -2.26. The number of rotatable bonds is 2. The van der Waals surface area contributed by atoms with Crippen LogP contribution in [0.1, 0.15) is 55.3 Å². The predicted octanol–water partition coefficient (Wildman–Crippen LogP) is 4.78. The van der Waals surface area contributed by atoms with Gasteiger partial charge in [0.05, 0.1) is 5.52 Å². The van der Waals surface area contributed by atoms with Crippen molar-refractivity contribution in [2.24, 2.45) is 0 Å². The van der Waals surface area contributed by atoms with Gasteiger partial charge in [-0.2, -0.15) is 0 Å². The van der Waals surface area contributed by atoms with Gasteiger partial charge in [-0.1, -0.05) is 30.9 Å². The van der Waals surface area contributed by atoms with Gasteiger partial charge < -0.3 is 5.32 Å². The first-order valence-corrected chi connectivity index (χ1v) is 8.50. The molecule has 0 amide bonds. The van der Waals surface area contributed by atoms with Crippen LogP contribution < -0.4 is 5.32 Å². The Morgan fingerprint density at radius 1 is 1.05 bits per heavy atom. The van der Waals surface area contributed by atoms with Gasteiger partial charge in [-0.3, -0.25) is 4.98 Å². The molecule has 1 aromatic heterocycles. The summed E-state index contributed by atoms with van der Waals surface area (Å²) in [6, 6.07) is 7.34. The van der Waals surface area contributed by atoms with Crippen LogP contribution in [0.4, 0.5) is 5.69 Å². The van der Waals surface area contributed by atoms with Crippen molar-refractivity contribution < 1.29 is 0 Å². The zero-order valence-corrected chi connectivity index (χ0v) is 12.9. The lowest BCUT2D eigenvalue weighted by molar-refractivity contribution is 0.463. The van der Waals surface area contributed by atoms with Crippen LogP contribution in [-0.2, 0) is 12.8 Å². The summed E-state index contributed by atoms with van der Waals surface area (Å²) in [5, 5.41) is 5.25. The largest absolute Gasteiger partial charge is 0.381 e. The molecule has 4 rings (SSSR count). The fourth-order valence-corrected chi connectivity index (χ4v) is 3.99. The molecule has 0 unspecified atom stereocenters. The van der Waals surface area contributed by atoms with E-state index in [4.69, 9.17) is 4.98 Å². The summed E-state index contributed by atoms with van der Waals surface area (Å²) in [6.45, 7) is 2.18. The first kappa shape index (κ1) is 13.1. The molecule has 1 aromatic carbocycles. The topological polar surface area (TPSA) is 24.9 Å². The predicted molar refractivity (Wildman–Crippen MR) is 89.0 cm³/mol. The van der Waals surface area contributed by atoms with Gasteiger partial charge in [-0.25, -0.2) is 0 Å². The van der Waals surface area contributed by atoms with E-state index in [0.717, 1.165) is 6.42 Å². The SMILES string of the molecule is Cc1ccc2nc3c(c(NC4CCCCC4)c2c1)CCC3. The van der Waals surface area contributed by atoms with Crippen molar-refractivity contribution in [1.82, 2.24) is 4.98 Å². The second-order valence-corrected chi connectivity index (χ2v) is 6.77. The highest BCUT2D eigenvalue weighted by Gasteiger charge is 2.22. The maximum Gasteiger partial charge on any atom is 0.0726 e. The number of nitrogens with zero attached hydrogens (tertiary/aromatic N) is 1. The van der Waals surface area contributed by atoms with Gasteiger partial charge >= 0.3 is 0 Å². The van der Waals surface area contributed by atoms with Gasteiger partial charge in [0.25, 0.3) is 0 Å². The van der Waals surface area contributed by atoms with E-state index in [1.54, 1.807) is 0 Å². The molecule has 0 radical (unpaired) electrons. The Bertz CT molecular complexity index is 669. The highest BCUT2D eigenvalue weighted by atomic mass is 14.9. The molecule has 1 fully saturated rings. The average molecular weight is 280 g/mol. The number of hydrogen-bond donors (Lipinski definition) is 1. The third-order valence-corrected chi connectivity index (χ3v) is 5.12. The van der Waals surface area contributed by atoms with Crippen molar-refractivity contribution >= 4 is 16.6 Å². The van der Waals surface area contributed by atoms with E-state index in [2.05, 4.69) is 30.4 Å². The van der Waals surface area contributed by atoms with Crippen molar-refractivity contribution in [3.63, 3.8) is 0 Å². The van der Waals surface area contributed by atoms with Crippen LogP contribution in [0.5, 0.6) is 0 Å². The number of aromatic nitrogens is 1. The number of fused-ring (bicyclic) bond motifs is 2. The lowest BCUT2D eigenvalue weighted by atomic mass is 9.94. The highest BCUT2D eigenvalue weighted by molar-refractivity contribution is 5.94. The molecule has 21 heavy (non-hydrogen) atoms. The Hall–Kier alpha value is -1.57. The molecular weight excluding hydrogens is 256 g/mol. The van der Waals surface area contributed by atoms with Crippen LogP contribution in [0.2, 0.25) is 0 Å². The molecule has 0 atom stereocenters. The lowest BCUT2D eigenvalue weighted by Crippen LogP contribution is -2.23. The summed E-state index contributed by atoms with van der Waals surface area (Å²) >= 11 is 0. The monoisotopic (exact) mass is 280 g/mol. The zero-order chi connectivity index (χ0) is 14.2. The Morgan fingerprint density at radius 3 is 2.76 bits per heavy atom. The third-order valence-electron chi connectivity index (χ3n) is 5.12. The number of hydrogen-bond acceptors (Lipinski definition) is 2. The third kappa shape index (κ3) is 2.41. The molecule has 2 aliphatic carbocycles. The minimum absolute atomic E-state index is 0.662. The van der Waals surface area contributed by atoms with Gasteiger partial charge in [-0.05, 0) is 56.7 Å². The van der Waals surface area contributed by atoms with E-state index in [-0.39, 0.29) is 0 Å². The van der Waals surface area contributed by atoms with Gasteiger partial charge in [0.15, 0.2) is 0 Å². The summed E-state index contributed by atoms with van der Waals surface area (Å²) in [4.78, 5) is 4.91. The second-order valence-electron chi connectivity index (χ2n) is 6.77. The number of benzene rings is 1. The minimum Gasteiger partial charge on any atom is -0.381 e. The molecule has 110 valence electrons. The average Bonchev–Trinajstić information content (AvgIpc) is 2.97. The van der Waals surface area contributed by atoms with Gasteiger partial charge in [0.1, 0.15) is 0 Å². The van der Waals surface area contributed by atoms with Crippen LogP contribution in [-0.4, -0.2) is 11.0 Å². The summed E-state index contributed by atoms with van der Waals surface area (Å²) in [7, 11) is 0. The van der Waals surface area contributed by atoms with Crippen molar-refractivity contribution in [2.75, 3.05) is 5.32 Å². The molecule has 2 nitrogen and oxygen atoms in total. The van der Waals surface area contributed by atoms with Gasteiger partial charge in [0, 0.05) is 22.8 Å². The van der Waals surface area contributed by atoms with Crippen LogP contribution in [0.15, 0.2) is 18.2 Å². The fourth-order valence-electron chi connectivity index (χ4n) is 3.99. The van der Waals surface area contributed by atoms with Crippen molar-refractivity contribution in [3.05, 3.63) is 35.0 Å². The van der Waals surface area contributed by atoms with Gasteiger partial charge in [0.2, 0.25) is 0 Å². The van der Waals surface area contributed by atoms with E-state index in [1.165, 1.54) is 78.4 Å². The molecule has 0 saturated heterocycles. The molecule has 2 heteroatoms. The summed E-state index contributed by atoms with van der Waals surface area (Å²) in [5.41, 5.74) is 6.74. The van der Waals surface area contributed by atoms with Crippen LogP contribution in [0, 0.1) is 6.92 Å². The first-order chi connectivity index (χ1) is 10.3. The fraction of sp³-hybridized carbons (Fsp3) is 0.526. The smallest absolute Gasteiger partial charge is 0.0726 e. The van der Waals surface area contributed by atoms with E-state index < -0.39 is 0 Å². The Balaban J connectivity index is 1.82. The Labute approximate surface area is 127 Å². The number of anilines is 1. The van der Waals surface area contributed by atoms with Crippen LogP contribution >= 0.6 is 0 Å². The molecule has 1 N–H and O–H groups in total. The summed E-state index contributed by atoms with van der Waals surface area (Å²) in [6.07, 6.45) is 10.4. The number of nitrogens with one attached hydrogen (secondary N) is 1. The normalized spacial score (nSPS) is 18.9. The molecule has 2 aromatic rings.